The number of pyridine rings is 1. The molecule has 11 unspecified atom stereocenters. The highest BCUT2D eigenvalue weighted by atomic mass is 16.5. The number of carbonyl (C=O) groups is 2. The predicted molar refractivity (Wildman–Crippen MR) is 188 cm³/mol. The number of likely N-dealkylation sites (tertiary alicyclic amines) is 1. The largest absolute Gasteiger partial charge is 0.462 e. The summed E-state index contributed by atoms with van der Waals surface area (Å²) in [6.45, 7) is 12.5. The van der Waals surface area contributed by atoms with Crippen molar-refractivity contribution >= 4 is 17.6 Å². The van der Waals surface area contributed by atoms with Gasteiger partial charge in [-0.05, 0) is 130 Å². The van der Waals surface area contributed by atoms with Gasteiger partial charge in [0.2, 0.25) is 5.91 Å². The molecule has 8 rings (SSSR count). The molecule has 7 aliphatic rings. The average Bonchev–Trinajstić information content (AvgIpc) is 3.81. The van der Waals surface area contributed by atoms with E-state index in [4.69, 9.17) is 4.74 Å². The Labute approximate surface area is 289 Å². The van der Waals surface area contributed by atoms with Crippen LogP contribution in [-0.4, -0.2) is 58.6 Å². The van der Waals surface area contributed by atoms with Crippen molar-refractivity contribution in [3.05, 3.63) is 36.3 Å². The van der Waals surface area contributed by atoms with Crippen LogP contribution in [0.4, 0.5) is 0 Å². The summed E-state index contributed by atoms with van der Waals surface area (Å²) in [6, 6.07) is 4.29. The van der Waals surface area contributed by atoms with Crippen LogP contribution < -0.4 is 5.32 Å². The smallest absolute Gasteiger partial charge is 0.302 e. The molecule has 5 saturated carbocycles. The van der Waals surface area contributed by atoms with Gasteiger partial charge in [0.1, 0.15) is 12.3 Å². The second-order valence-corrected chi connectivity index (χ2v) is 18.4. The Hall–Kier alpha value is -2.57. The molecule has 11 atom stereocenters. The molecule has 48 heavy (non-hydrogen) atoms. The van der Waals surface area contributed by atoms with Crippen molar-refractivity contribution in [3.8, 4) is 0 Å². The molecule has 0 aromatic carbocycles. The van der Waals surface area contributed by atoms with E-state index >= 15 is 4.79 Å². The van der Waals surface area contributed by atoms with Crippen LogP contribution in [0.2, 0.25) is 0 Å². The standard InChI is InChI=1S/C41H60N4O3/c1-26(46)48-35-17-20-40(5)33(38(35,2)3)16-19-39(4)29-15-21-41(18-7-11-30(41)28(29)13-14-34(39)40)37(47)45-23-9-12-32(45)36-43-31(25-44(36)6)27-10-8-22-42-24-27/h8,10,22,24-25,28-30,32-36,43H,7,9,11-21,23H2,1-6H3. The molecule has 1 saturated heterocycles. The van der Waals surface area contributed by atoms with Crippen molar-refractivity contribution in [3.63, 3.8) is 0 Å². The minimum absolute atomic E-state index is 0.000774. The molecular weight excluding hydrogens is 596 g/mol. The molecule has 6 fully saturated rings. The molecule has 1 aromatic heterocycles. The lowest BCUT2D eigenvalue weighted by Gasteiger charge is -2.69. The molecule has 1 N–H and O–H groups in total. The van der Waals surface area contributed by atoms with Crippen molar-refractivity contribution in [2.45, 2.75) is 136 Å². The van der Waals surface area contributed by atoms with E-state index in [1.807, 2.05) is 18.5 Å². The fourth-order valence-corrected chi connectivity index (χ4v) is 14.3. The Balaban J connectivity index is 1.01. The summed E-state index contributed by atoms with van der Waals surface area (Å²) in [5, 5.41) is 3.80. The van der Waals surface area contributed by atoms with Gasteiger partial charge in [-0.25, -0.2) is 0 Å². The maximum Gasteiger partial charge on any atom is 0.302 e. The first-order chi connectivity index (χ1) is 22.9. The zero-order chi connectivity index (χ0) is 33.6. The van der Waals surface area contributed by atoms with Gasteiger partial charge in [-0.1, -0.05) is 34.1 Å². The van der Waals surface area contributed by atoms with E-state index < -0.39 is 0 Å². The van der Waals surface area contributed by atoms with Crippen molar-refractivity contribution in [2.24, 2.45) is 51.2 Å². The summed E-state index contributed by atoms with van der Waals surface area (Å²) in [5.41, 5.74) is 2.64. The molecule has 0 spiro atoms. The Morgan fingerprint density at radius 3 is 2.48 bits per heavy atom. The summed E-state index contributed by atoms with van der Waals surface area (Å²) < 4.78 is 5.96. The van der Waals surface area contributed by atoms with Gasteiger partial charge in [0.05, 0.1) is 17.2 Å². The first kappa shape index (κ1) is 32.6. The Kier molecular flexibility index (Phi) is 7.80. The molecule has 3 heterocycles. The van der Waals surface area contributed by atoms with E-state index in [9.17, 15) is 4.79 Å². The summed E-state index contributed by atoms with van der Waals surface area (Å²) in [4.78, 5) is 36.1. The van der Waals surface area contributed by atoms with E-state index in [1.165, 1.54) is 51.4 Å². The quantitative estimate of drug-likeness (QED) is 0.336. The van der Waals surface area contributed by atoms with E-state index in [0.29, 0.717) is 35.0 Å². The lowest BCUT2D eigenvalue weighted by atomic mass is 9.36. The zero-order valence-corrected chi connectivity index (χ0v) is 30.5. The Bertz CT molecular complexity index is 1460. The fraction of sp³-hybridized carbons (Fsp3) is 0.780. The molecule has 7 heteroatoms. The number of nitrogens with zero attached hydrogens (tertiary/aromatic N) is 3. The summed E-state index contributed by atoms with van der Waals surface area (Å²) in [5.74, 6) is 3.57. The minimum atomic E-state index is -0.172. The first-order valence-corrected chi connectivity index (χ1v) is 19.5. The third-order valence-electron chi connectivity index (χ3n) is 16.2. The van der Waals surface area contributed by atoms with Gasteiger partial charge in [0.15, 0.2) is 0 Å². The number of nitrogens with one attached hydrogen (secondary N) is 1. The van der Waals surface area contributed by atoms with Crippen LogP contribution in [-0.2, 0) is 14.3 Å². The summed E-state index contributed by atoms with van der Waals surface area (Å²) >= 11 is 0. The van der Waals surface area contributed by atoms with Crippen LogP contribution in [0.5, 0.6) is 0 Å². The van der Waals surface area contributed by atoms with E-state index in [1.54, 1.807) is 6.92 Å². The predicted octanol–water partition coefficient (Wildman–Crippen LogP) is 7.63. The number of esters is 1. The third-order valence-corrected chi connectivity index (χ3v) is 16.2. The average molecular weight is 657 g/mol. The number of hydrogen-bond donors (Lipinski definition) is 1. The number of rotatable bonds is 4. The summed E-state index contributed by atoms with van der Waals surface area (Å²) in [6.07, 6.45) is 21.3. The minimum Gasteiger partial charge on any atom is -0.462 e. The lowest BCUT2D eigenvalue weighted by molar-refractivity contribution is -0.221. The van der Waals surface area contributed by atoms with Gasteiger partial charge in [-0.15, -0.1) is 0 Å². The topological polar surface area (TPSA) is 74.8 Å². The Morgan fingerprint density at radius 1 is 0.896 bits per heavy atom. The zero-order valence-electron chi connectivity index (χ0n) is 30.5. The van der Waals surface area contributed by atoms with E-state index in [-0.39, 0.29) is 40.5 Å². The van der Waals surface area contributed by atoms with Gasteiger partial charge < -0.3 is 19.9 Å². The first-order valence-electron chi connectivity index (χ1n) is 19.5. The Morgan fingerprint density at radius 2 is 1.71 bits per heavy atom. The van der Waals surface area contributed by atoms with E-state index in [0.717, 1.165) is 55.8 Å². The number of carbonyl (C=O) groups excluding carboxylic acids is 2. The molecule has 2 aliphatic heterocycles. The van der Waals surface area contributed by atoms with Crippen LogP contribution in [0.25, 0.3) is 5.70 Å². The van der Waals surface area contributed by atoms with Crippen molar-refractivity contribution in [1.29, 1.82) is 0 Å². The second-order valence-electron chi connectivity index (χ2n) is 18.4. The van der Waals surface area contributed by atoms with Crippen molar-refractivity contribution in [1.82, 2.24) is 20.1 Å². The number of likely N-dealkylation sites (N-methyl/N-ethyl adjacent to an activating group) is 1. The molecule has 262 valence electrons. The van der Waals surface area contributed by atoms with Gasteiger partial charge in [0, 0.05) is 50.1 Å². The van der Waals surface area contributed by atoms with E-state index in [2.05, 4.69) is 67.1 Å². The lowest BCUT2D eigenvalue weighted by Crippen LogP contribution is -2.64. The highest BCUT2D eigenvalue weighted by Gasteiger charge is 2.68. The molecule has 7 nitrogen and oxygen atoms in total. The molecule has 1 amide bonds. The van der Waals surface area contributed by atoms with Crippen LogP contribution in [0.1, 0.15) is 124 Å². The van der Waals surface area contributed by atoms with Crippen LogP contribution in [0.3, 0.4) is 0 Å². The number of aromatic nitrogens is 1. The monoisotopic (exact) mass is 656 g/mol. The molecule has 5 aliphatic carbocycles. The highest BCUT2D eigenvalue weighted by Crippen LogP contribution is 2.73. The summed E-state index contributed by atoms with van der Waals surface area (Å²) in [7, 11) is 2.15. The number of amides is 1. The maximum atomic E-state index is 15.1. The molecule has 0 bridgehead atoms. The maximum absolute atomic E-state index is 15.1. The van der Waals surface area contributed by atoms with Crippen LogP contribution in [0, 0.1) is 51.2 Å². The molecule has 1 aromatic rings. The SMILES string of the molecule is CC(=O)OC1CCC2(C)C(CCC3(C)C4CCC5(C(=O)N6CCCC6C6NC(c7cccnc7)=CN6C)CCCC5C4CCC32)C1(C)C. The van der Waals surface area contributed by atoms with Crippen molar-refractivity contribution in [2.75, 3.05) is 13.6 Å². The molecular formula is C41H60N4O3. The highest BCUT2D eigenvalue weighted by molar-refractivity contribution is 5.84. The molecule has 0 radical (unpaired) electrons. The van der Waals surface area contributed by atoms with Crippen LogP contribution >= 0.6 is 0 Å². The van der Waals surface area contributed by atoms with Gasteiger partial charge in [-0.3, -0.25) is 14.6 Å². The van der Waals surface area contributed by atoms with Gasteiger partial charge in [0.25, 0.3) is 0 Å². The fourth-order valence-electron chi connectivity index (χ4n) is 14.3. The van der Waals surface area contributed by atoms with Gasteiger partial charge >= 0.3 is 5.97 Å². The number of hydrogen-bond acceptors (Lipinski definition) is 6. The van der Waals surface area contributed by atoms with Crippen LogP contribution in [0.15, 0.2) is 30.7 Å². The number of ether oxygens (including phenoxy) is 1. The van der Waals surface area contributed by atoms with Crippen molar-refractivity contribution < 1.29 is 14.3 Å². The third kappa shape index (κ3) is 4.67. The van der Waals surface area contributed by atoms with Gasteiger partial charge in [-0.2, -0.15) is 0 Å². The number of fused-ring (bicyclic) bond motifs is 7. The second kappa shape index (κ2) is 11.5. The normalized spacial score (nSPS) is 44.5.